The molecule has 0 bridgehead atoms. The van der Waals surface area contributed by atoms with Gasteiger partial charge in [-0.25, -0.2) is 0 Å². The third kappa shape index (κ3) is 3.06. The van der Waals surface area contributed by atoms with E-state index in [9.17, 15) is 9.59 Å². The van der Waals surface area contributed by atoms with Crippen molar-refractivity contribution in [1.29, 1.82) is 0 Å². The number of nitrogens with zero attached hydrogens (tertiary/aromatic N) is 1. The monoisotopic (exact) mass is 369 g/mol. The van der Waals surface area contributed by atoms with E-state index in [1.807, 2.05) is 36.2 Å². The lowest BCUT2D eigenvalue weighted by atomic mass is 10.1. The van der Waals surface area contributed by atoms with E-state index in [1.165, 1.54) is 17.6 Å². The predicted octanol–water partition coefficient (Wildman–Crippen LogP) is 4.21. The highest BCUT2D eigenvalue weighted by molar-refractivity contribution is 7.18. The molecule has 4 heterocycles. The van der Waals surface area contributed by atoms with Crippen LogP contribution in [0, 0.1) is 6.92 Å². The largest absolute Gasteiger partial charge is 0.459 e. The molecule has 0 aliphatic carbocycles. The summed E-state index contributed by atoms with van der Waals surface area (Å²) in [4.78, 5) is 31.0. The Morgan fingerprint density at radius 1 is 1.35 bits per heavy atom. The third-order valence-corrected chi connectivity index (χ3v) is 5.73. The minimum absolute atomic E-state index is 0.0168. The summed E-state index contributed by atoms with van der Waals surface area (Å²) in [6.45, 7) is 2.64. The molecule has 1 atom stereocenters. The van der Waals surface area contributed by atoms with E-state index in [2.05, 4.69) is 10.3 Å². The van der Waals surface area contributed by atoms with Crippen LogP contribution in [0.4, 0.5) is 5.00 Å². The second-order valence-electron chi connectivity index (χ2n) is 6.34. The minimum atomic E-state index is -0.319. The fourth-order valence-corrected chi connectivity index (χ4v) is 4.38. The first kappa shape index (κ1) is 16.7. The number of furan rings is 1. The number of likely N-dealkylation sites (tertiary alicyclic amines) is 1. The molecule has 1 fully saturated rings. The zero-order chi connectivity index (χ0) is 18.1. The maximum Gasteiger partial charge on any atom is 0.291 e. The van der Waals surface area contributed by atoms with Crippen LogP contribution in [0.3, 0.4) is 0 Å². The Hall–Kier alpha value is -2.80. The summed E-state index contributed by atoms with van der Waals surface area (Å²) in [6.07, 6.45) is 5.29. The van der Waals surface area contributed by atoms with E-state index < -0.39 is 0 Å². The summed E-state index contributed by atoms with van der Waals surface area (Å²) in [7, 11) is 0. The number of rotatable bonds is 4. The topological polar surface area (TPSA) is 78.3 Å². The second kappa shape index (κ2) is 6.84. The summed E-state index contributed by atoms with van der Waals surface area (Å²) < 4.78 is 5.10. The van der Waals surface area contributed by atoms with Gasteiger partial charge in [-0.3, -0.25) is 9.59 Å². The van der Waals surface area contributed by atoms with Gasteiger partial charge in [0.25, 0.3) is 11.8 Å². The number of hydrogen-bond acceptors (Lipinski definition) is 4. The van der Waals surface area contributed by atoms with Crippen molar-refractivity contribution < 1.29 is 14.0 Å². The highest BCUT2D eigenvalue weighted by Gasteiger charge is 2.32. The Kier molecular flexibility index (Phi) is 4.38. The molecule has 7 heteroatoms. The van der Waals surface area contributed by atoms with Crippen molar-refractivity contribution in [3.8, 4) is 0 Å². The van der Waals surface area contributed by atoms with Gasteiger partial charge in [-0.05, 0) is 55.7 Å². The lowest BCUT2D eigenvalue weighted by Crippen LogP contribution is -2.30. The Bertz CT molecular complexity index is 912. The molecular weight excluding hydrogens is 350 g/mol. The SMILES string of the molecule is Cc1cc(NC(=O)c2ccco2)sc1C(=O)N1CCCC1c1ccc[nH]1. The molecule has 1 unspecified atom stereocenters. The normalized spacial score (nSPS) is 16.8. The first-order valence-electron chi connectivity index (χ1n) is 8.53. The fourth-order valence-electron chi connectivity index (χ4n) is 3.35. The van der Waals surface area contributed by atoms with Crippen LogP contribution >= 0.6 is 11.3 Å². The number of nitrogens with one attached hydrogen (secondary N) is 2. The first-order valence-corrected chi connectivity index (χ1v) is 9.34. The standard InChI is InChI=1S/C19H19N3O3S/c1-12-11-16(21-18(23)15-7-4-10-25-15)26-17(12)19(24)22-9-3-6-14(22)13-5-2-8-20-13/h2,4-5,7-8,10-11,14,20H,3,6,9H2,1H3,(H,21,23). The number of thiophene rings is 1. The maximum atomic E-state index is 13.1. The van der Waals surface area contributed by atoms with Gasteiger partial charge >= 0.3 is 0 Å². The van der Waals surface area contributed by atoms with Crippen molar-refractivity contribution in [3.05, 3.63) is 64.7 Å². The average molecular weight is 369 g/mol. The molecule has 6 nitrogen and oxygen atoms in total. The predicted molar refractivity (Wildman–Crippen MR) is 99.5 cm³/mol. The highest BCUT2D eigenvalue weighted by atomic mass is 32.1. The Balaban J connectivity index is 1.53. The Morgan fingerprint density at radius 3 is 2.96 bits per heavy atom. The summed E-state index contributed by atoms with van der Waals surface area (Å²) in [5.74, 6) is -0.0564. The van der Waals surface area contributed by atoms with Gasteiger partial charge < -0.3 is 19.6 Å². The molecule has 4 rings (SSSR count). The lowest BCUT2D eigenvalue weighted by molar-refractivity contribution is 0.0737. The van der Waals surface area contributed by atoms with Crippen molar-refractivity contribution in [2.75, 3.05) is 11.9 Å². The van der Waals surface area contributed by atoms with Gasteiger partial charge in [0.15, 0.2) is 5.76 Å². The van der Waals surface area contributed by atoms with Crippen molar-refractivity contribution in [1.82, 2.24) is 9.88 Å². The highest BCUT2D eigenvalue weighted by Crippen LogP contribution is 2.35. The average Bonchev–Trinajstić information content (AvgIpc) is 3.40. The Morgan fingerprint density at radius 2 is 2.23 bits per heavy atom. The molecule has 26 heavy (non-hydrogen) atoms. The number of carbonyl (C=O) groups excluding carboxylic acids is 2. The molecule has 1 saturated heterocycles. The van der Waals surface area contributed by atoms with Gasteiger partial charge in [0.1, 0.15) is 0 Å². The number of carbonyl (C=O) groups is 2. The Labute approximate surface area is 154 Å². The van der Waals surface area contributed by atoms with Crippen LogP contribution in [0.5, 0.6) is 0 Å². The molecule has 2 N–H and O–H groups in total. The molecule has 3 aromatic rings. The number of anilines is 1. The number of aromatic amines is 1. The smallest absolute Gasteiger partial charge is 0.291 e. The van der Waals surface area contributed by atoms with Gasteiger partial charge in [-0.15, -0.1) is 11.3 Å². The van der Waals surface area contributed by atoms with Crippen LogP contribution < -0.4 is 5.32 Å². The molecule has 0 spiro atoms. The van der Waals surface area contributed by atoms with Gasteiger partial charge in [-0.2, -0.15) is 0 Å². The van der Waals surface area contributed by atoms with Crippen molar-refractivity contribution in [3.63, 3.8) is 0 Å². The first-order chi connectivity index (χ1) is 12.6. The second-order valence-corrected chi connectivity index (χ2v) is 7.39. The molecule has 1 aliphatic rings. The summed E-state index contributed by atoms with van der Waals surface area (Å²) in [6, 6.07) is 9.16. The summed E-state index contributed by atoms with van der Waals surface area (Å²) in [5, 5.41) is 3.44. The van der Waals surface area contributed by atoms with E-state index in [4.69, 9.17) is 4.42 Å². The fraction of sp³-hybridized carbons (Fsp3) is 0.263. The van der Waals surface area contributed by atoms with Gasteiger partial charge in [0.2, 0.25) is 0 Å². The van der Waals surface area contributed by atoms with E-state index >= 15 is 0 Å². The molecule has 0 radical (unpaired) electrons. The van der Waals surface area contributed by atoms with E-state index in [-0.39, 0.29) is 23.6 Å². The van der Waals surface area contributed by atoms with Gasteiger partial charge in [0, 0.05) is 18.4 Å². The van der Waals surface area contributed by atoms with E-state index in [0.29, 0.717) is 9.88 Å². The van der Waals surface area contributed by atoms with Crippen molar-refractivity contribution in [2.24, 2.45) is 0 Å². The summed E-state index contributed by atoms with van der Waals surface area (Å²) >= 11 is 1.30. The molecule has 2 amide bonds. The maximum absolute atomic E-state index is 13.1. The van der Waals surface area contributed by atoms with E-state index in [0.717, 1.165) is 30.6 Å². The van der Waals surface area contributed by atoms with Crippen LogP contribution in [0.15, 0.2) is 47.2 Å². The van der Waals surface area contributed by atoms with Crippen molar-refractivity contribution in [2.45, 2.75) is 25.8 Å². The number of amides is 2. The van der Waals surface area contributed by atoms with Crippen LogP contribution in [0.1, 0.15) is 50.4 Å². The zero-order valence-electron chi connectivity index (χ0n) is 14.3. The zero-order valence-corrected chi connectivity index (χ0v) is 15.1. The van der Waals surface area contributed by atoms with Gasteiger partial charge in [0.05, 0.1) is 22.2 Å². The van der Waals surface area contributed by atoms with Crippen LogP contribution in [0.25, 0.3) is 0 Å². The van der Waals surface area contributed by atoms with Crippen molar-refractivity contribution >= 4 is 28.2 Å². The minimum Gasteiger partial charge on any atom is -0.459 e. The number of aryl methyl sites for hydroxylation is 1. The quantitative estimate of drug-likeness (QED) is 0.723. The number of hydrogen-bond donors (Lipinski definition) is 2. The number of H-pyrrole nitrogens is 1. The summed E-state index contributed by atoms with van der Waals surface area (Å²) in [5.41, 5.74) is 1.93. The molecule has 0 saturated carbocycles. The van der Waals surface area contributed by atoms with Crippen LogP contribution in [-0.2, 0) is 0 Å². The van der Waals surface area contributed by atoms with Gasteiger partial charge in [-0.1, -0.05) is 0 Å². The molecule has 134 valence electrons. The molecular formula is C19H19N3O3S. The molecule has 3 aromatic heterocycles. The molecule has 1 aliphatic heterocycles. The number of aromatic nitrogens is 1. The third-order valence-electron chi connectivity index (χ3n) is 4.59. The van der Waals surface area contributed by atoms with Crippen LogP contribution in [0.2, 0.25) is 0 Å². The van der Waals surface area contributed by atoms with Crippen LogP contribution in [-0.4, -0.2) is 28.2 Å². The molecule has 0 aromatic carbocycles. The lowest BCUT2D eigenvalue weighted by Gasteiger charge is -2.23. The van der Waals surface area contributed by atoms with E-state index in [1.54, 1.807) is 12.1 Å².